The zero-order valence-electron chi connectivity index (χ0n) is 8.65. The Hall–Kier alpha value is -1.48. The van der Waals surface area contributed by atoms with Crippen molar-refractivity contribution in [1.82, 2.24) is 0 Å². The number of rotatable bonds is 2. The van der Waals surface area contributed by atoms with E-state index in [1.54, 1.807) is 24.5 Å². The molecule has 0 saturated heterocycles. The Morgan fingerprint density at radius 3 is 2.67 bits per heavy atom. The predicted octanol–water partition coefficient (Wildman–Crippen LogP) is 3.44. The van der Waals surface area contributed by atoms with Gasteiger partial charge in [-0.1, -0.05) is 6.07 Å². The molecular formula is C12H12O2S. The molecule has 0 aliphatic rings. The average Bonchev–Trinajstić information content (AvgIpc) is 2.65. The van der Waals surface area contributed by atoms with Crippen LogP contribution in [0.5, 0.6) is 11.5 Å². The molecule has 78 valence electrons. The first-order chi connectivity index (χ1) is 7.22. The molecule has 2 rings (SSSR count). The fraction of sp³-hybridized carbons (Fsp3) is 0.167. The van der Waals surface area contributed by atoms with Gasteiger partial charge < -0.3 is 9.84 Å². The molecule has 3 heteroatoms. The molecule has 1 aromatic carbocycles. The molecule has 0 amide bonds. The third-order valence-corrected chi connectivity index (χ3v) is 3.20. The van der Waals surface area contributed by atoms with E-state index in [-0.39, 0.29) is 5.75 Å². The molecule has 1 N–H and O–H groups in total. The fourth-order valence-corrected chi connectivity index (χ4v) is 2.25. The van der Waals surface area contributed by atoms with Crippen LogP contribution in [0.2, 0.25) is 0 Å². The van der Waals surface area contributed by atoms with Crippen molar-refractivity contribution in [2.45, 2.75) is 6.92 Å². The normalized spacial score (nSPS) is 10.3. The molecule has 0 radical (unpaired) electrons. The third-order valence-electron chi connectivity index (χ3n) is 2.35. The largest absolute Gasteiger partial charge is 0.504 e. The van der Waals surface area contributed by atoms with Gasteiger partial charge in [-0.25, -0.2) is 0 Å². The van der Waals surface area contributed by atoms with Gasteiger partial charge in [0, 0.05) is 4.88 Å². The van der Waals surface area contributed by atoms with Crippen molar-refractivity contribution in [3.05, 3.63) is 34.5 Å². The van der Waals surface area contributed by atoms with Gasteiger partial charge in [0.15, 0.2) is 11.5 Å². The standard InChI is InChI=1S/C12H12O2S/c1-8-10(5-6-15-8)9-3-4-11(13)12(7-9)14-2/h3-7,13H,1-2H3. The first-order valence-electron chi connectivity index (χ1n) is 4.64. The van der Waals surface area contributed by atoms with E-state index >= 15 is 0 Å². The van der Waals surface area contributed by atoms with Gasteiger partial charge in [-0.05, 0) is 41.6 Å². The van der Waals surface area contributed by atoms with Crippen molar-refractivity contribution < 1.29 is 9.84 Å². The van der Waals surface area contributed by atoms with Crippen LogP contribution in [0.15, 0.2) is 29.6 Å². The summed E-state index contributed by atoms with van der Waals surface area (Å²) in [4.78, 5) is 1.27. The molecule has 0 fully saturated rings. The lowest BCUT2D eigenvalue weighted by Gasteiger charge is -2.06. The van der Waals surface area contributed by atoms with E-state index in [0.717, 1.165) is 5.56 Å². The Balaban J connectivity index is 2.51. The zero-order chi connectivity index (χ0) is 10.8. The number of hydrogen-bond donors (Lipinski definition) is 1. The Morgan fingerprint density at radius 1 is 1.27 bits per heavy atom. The van der Waals surface area contributed by atoms with Crippen molar-refractivity contribution in [2.24, 2.45) is 0 Å². The second kappa shape index (κ2) is 3.95. The van der Waals surface area contributed by atoms with Crippen molar-refractivity contribution in [3.63, 3.8) is 0 Å². The molecule has 15 heavy (non-hydrogen) atoms. The number of ether oxygens (including phenoxy) is 1. The van der Waals surface area contributed by atoms with Gasteiger partial charge in [-0.15, -0.1) is 11.3 Å². The Labute approximate surface area is 92.8 Å². The van der Waals surface area contributed by atoms with Crippen molar-refractivity contribution in [1.29, 1.82) is 0 Å². The molecule has 0 bridgehead atoms. The highest BCUT2D eigenvalue weighted by Crippen LogP contribution is 2.34. The molecule has 0 spiro atoms. The lowest BCUT2D eigenvalue weighted by atomic mass is 10.1. The van der Waals surface area contributed by atoms with Crippen LogP contribution < -0.4 is 4.74 Å². The van der Waals surface area contributed by atoms with Crippen LogP contribution in [0.4, 0.5) is 0 Å². The van der Waals surface area contributed by atoms with E-state index in [2.05, 4.69) is 18.4 Å². The number of methoxy groups -OCH3 is 1. The summed E-state index contributed by atoms with van der Waals surface area (Å²) < 4.78 is 5.08. The molecule has 1 heterocycles. The zero-order valence-corrected chi connectivity index (χ0v) is 9.47. The van der Waals surface area contributed by atoms with Crippen molar-refractivity contribution in [3.8, 4) is 22.6 Å². The highest BCUT2D eigenvalue weighted by atomic mass is 32.1. The number of thiophene rings is 1. The minimum atomic E-state index is 0.175. The van der Waals surface area contributed by atoms with Crippen LogP contribution in [-0.2, 0) is 0 Å². The number of phenolic OH excluding ortho intramolecular Hbond substituents is 1. The van der Waals surface area contributed by atoms with Crippen molar-refractivity contribution >= 4 is 11.3 Å². The van der Waals surface area contributed by atoms with Crippen LogP contribution in [0.3, 0.4) is 0 Å². The Morgan fingerprint density at radius 2 is 2.07 bits per heavy atom. The highest BCUT2D eigenvalue weighted by molar-refractivity contribution is 7.10. The van der Waals surface area contributed by atoms with E-state index in [4.69, 9.17) is 4.74 Å². The van der Waals surface area contributed by atoms with Gasteiger partial charge in [-0.3, -0.25) is 0 Å². The molecule has 0 saturated carbocycles. The van der Waals surface area contributed by atoms with Crippen LogP contribution in [0.25, 0.3) is 11.1 Å². The highest BCUT2D eigenvalue weighted by Gasteiger charge is 2.07. The number of aromatic hydroxyl groups is 1. The topological polar surface area (TPSA) is 29.5 Å². The summed E-state index contributed by atoms with van der Waals surface area (Å²) >= 11 is 1.71. The van der Waals surface area contributed by atoms with Gasteiger partial charge in [0.2, 0.25) is 0 Å². The van der Waals surface area contributed by atoms with E-state index in [9.17, 15) is 5.11 Å². The molecule has 2 aromatic rings. The number of hydrogen-bond acceptors (Lipinski definition) is 3. The lowest BCUT2D eigenvalue weighted by Crippen LogP contribution is -1.85. The van der Waals surface area contributed by atoms with Gasteiger partial charge in [0.1, 0.15) is 0 Å². The van der Waals surface area contributed by atoms with Crippen LogP contribution in [-0.4, -0.2) is 12.2 Å². The first-order valence-corrected chi connectivity index (χ1v) is 5.52. The molecule has 0 unspecified atom stereocenters. The molecule has 0 aliphatic carbocycles. The quantitative estimate of drug-likeness (QED) is 0.840. The minimum absolute atomic E-state index is 0.175. The minimum Gasteiger partial charge on any atom is -0.504 e. The fourth-order valence-electron chi connectivity index (χ4n) is 1.53. The summed E-state index contributed by atoms with van der Waals surface area (Å²) in [6, 6.07) is 7.48. The first kappa shape index (κ1) is 10.1. The summed E-state index contributed by atoms with van der Waals surface area (Å²) in [5.41, 5.74) is 2.27. The maximum absolute atomic E-state index is 9.48. The maximum Gasteiger partial charge on any atom is 0.161 e. The second-order valence-electron chi connectivity index (χ2n) is 3.28. The number of phenols is 1. The molecule has 2 nitrogen and oxygen atoms in total. The monoisotopic (exact) mass is 220 g/mol. The number of benzene rings is 1. The second-order valence-corrected chi connectivity index (χ2v) is 4.40. The van der Waals surface area contributed by atoms with E-state index in [1.165, 1.54) is 10.4 Å². The average molecular weight is 220 g/mol. The van der Waals surface area contributed by atoms with Crippen LogP contribution >= 0.6 is 11.3 Å². The summed E-state index contributed by atoms with van der Waals surface area (Å²) in [7, 11) is 1.55. The van der Waals surface area contributed by atoms with Crippen LogP contribution in [0.1, 0.15) is 4.88 Å². The molecular weight excluding hydrogens is 208 g/mol. The Kier molecular flexibility index (Phi) is 2.64. The summed E-state index contributed by atoms with van der Waals surface area (Å²) in [5, 5.41) is 11.5. The van der Waals surface area contributed by atoms with E-state index in [1.807, 2.05) is 12.1 Å². The summed E-state index contributed by atoms with van der Waals surface area (Å²) in [6.07, 6.45) is 0. The lowest BCUT2D eigenvalue weighted by molar-refractivity contribution is 0.373. The number of aryl methyl sites for hydroxylation is 1. The maximum atomic E-state index is 9.48. The predicted molar refractivity (Wildman–Crippen MR) is 62.7 cm³/mol. The van der Waals surface area contributed by atoms with Gasteiger partial charge in [0.05, 0.1) is 7.11 Å². The molecule has 0 atom stereocenters. The smallest absolute Gasteiger partial charge is 0.161 e. The van der Waals surface area contributed by atoms with Crippen LogP contribution in [0, 0.1) is 6.92 Å². The van der Waals surface area contributed by atoms with Gasteiger partial charge >= 0.3 is 0 Å². The van der Waals surface area contributed by atoms with Gasteiger partial charge in [-0.2, -0.15) is 0 Å². The van der Waals surface area contributed by atoms with Crippen molar-refractivity contribution in [2.75, 3.05) is 7.11 Å². The summed E-state index contributed by atoms with van der Waals surface area (Å²) in [6.45, 7) is 2.08. The SMILES string of the molecule is COc1cc(-c2ccsc2C)ccc1O. The van der Waals surface area contributed by atoms with E-state index < -0.39 is 0 Å². The third kappa shape index (κ3) is 1.83. The Bertz CT molecular complexity index is 474. The molecule has 1 aromatic heterocycles. The molecule has 0 aliphatic heterocycles. The van der Waals surface area contributed by atoms with E-state index in [0.29, 0.717) is 5.75 Å². The van der Waals surface area contributed by atoms with Gasteiger partial charge in [0.25, 0.3) is 0 Å². The summed E-state index contributed by atoms with van der Waals surface area (Å²) in [5.74, 6) is 0.687.